The Morgan fingerprint density at radius 2 is 2.07 bits per heavy atom. The molecule has 0 N–H and O–H groups in total. The lowest BCUT2D eigenvalue weighted by Gasteiger charge is -2.31. The summed E-state index contributed by atoms with van der Waals surface area (Å²) in [6.45, 7) is 1.35. The summed E-state index contributed by atoms with van der Waals surface area (Å²) in [5.41, 5.74) is 1.78. The van der Waals surface area contributed by atoms with Crippen LogP contribution in [0.1, 0.15) is 41.5 Å². The molecular weight excluding hydrogens is 383 g/mol. The second kappa shape index (κ2) is 9.11. The summed E-state index contributed by atoms with van der Waals surface area (Å²) in [5, 5.41) is 0. The van der Waals surface area contributed by atoms with Crippen LogP contribution >= 0.6 is 0 Å². The normalized spacial score (nSPS) is 16.5. The Morgan fingerprint density at radius 1 is 1.23 bits per heavy atom. The molecule has 1 saturated heterocycles. The Hall–Kier alpha value is -3.15. The molecule has 156 valence electrons. The molecule has 0 unspecified atom stereocenters. The Balaban J connectivity index is 1.39. The molecule has 1 fully saturated rings. The molecule has 4 rings (SSSR count). The summed E-state index contributed by atoms with van der Waals surface area (Å²) >= 11 is 0. The minimum atomic E-state index is -0.260. The Bertz CT molecular complexity index is 1020. The molecule has 30 heavy (non-hydrogen) atoms. The molecular formula is C24H25FN2O3. The van der Waals surface area contributed by atoms with E-state index in [4.69, 9.17) is 9.15 Å². The molecule has 0 saturated carbocycles. The van der Waals surface area contributed by atoms with Crippen LogP contribution in [0.15, 0.2) is 59.1 Å². The number of halogens is 1. The maximum Gasteiger partial charge on any atom is 0.227 e. The monoisotopic (exact) mass is 408 g/mol. The van der Waals surface area contributed by atoms with Gasteiger partial charge in [0.2, 0.25) is 5.91 Å². The van der Waals surface area contributed by atoms with Crippen molar-refractivity contribution in [1.29, 1.82) is 0 Å². The van der Waals surface area contributed by atoms with Crippen molar-refractivity contribution in [2.75, 3.05) is 20.2 Å². The van der Waals surface area contributed by atoms with Gasteiger partial charge in [0.05, 0.1) is 25.6 Å². The van der Waals surface area contributed by atoms with E-state index in [-0.39, 0.29) is 17.6 Å². The highest BCUT2D eigenvalue weighted by Gasteiger charge is 2.28. The second-order valence-electron chi connectivity index (χ2n) is 7.68. The maximum absolute atomic E-state index is 13.4. The highest BCUT2D eigenvalue weighted by Crippen LogP contribution is 2.28. The van der Waals surface area contributed by atoms with Crippen LogP contribution in [0.25, 0.3) is 0 Å². The molecule has 0 aliphatic carbocycles. The molecule has 1 amide bonds. The number of ether oxygens (including phenoxy) is 1. The first-order valence-electron chi connectivity index (χ1n) is 10.2. The fraction of sp³-hybridized carbons (Fsp3) is 0.333. The smallest absolute Gasteiger partial charge is 0.227 e. The third kappa shape index (κ3) is 4.87. The molecule has 5 nitrogen and oxygen atoms in total. The lowest BCUT2D eigenvalue weighted by molar-refractivity contribution is -0.131. The number of hydrogen-bond acceptors (Lipinski definition) is 4. The summed E-state index contributed by atoms with van der Waals surface area (Å²) in [7, 11) is 1.62. The number of aromatic nitrogens is 1. The van der Waals surface area contributed by atoms with Gasteiger partial charge in [-0.1, -0.05) is 24.3 Å². The van der Waals surface area contributed by atoms with Gasteiger partial charge in [-0.2, -0.15) is 0 Å². The first kappa shape index (κ1) is 20.1. The SMILES string of the molecule is COc1cccc(CC(=O)N2CCC[C@@H](c3ncc(Cc4cccc(F)c4)o3)C2)c1. The van der Waals surface area contributed by atoms with Crippen LogP contribution in [0.4, 0.5) is 4.39 Å². The Kier molecular flexibility index (Phi) is 6.12. The van der Waals surface area contributed by atoms with Gasteiger partial charge in [-0.3, -0.25) is 4.79 Å². The summed E-state index contributed by atoms with van der Waals surface area (Å²) in [6.07, 6.45) is 4.40. The molecule has 1 aliphatic rings. The van der Waals surface area contributed by atoms with Gasteiger partial charge in [0.25, 0.3) is 0 Å². The second-order valence-corrected chi connectivity index (χ2v) is 7.68. The zero-order valence-electron chi connectivity index (χ0n) is 17.0. The van der Waals surface area contributed by atoms with Gasteiger partial charge in [0, 0.05) is 19.5 Å². The predicted molar refractivity (Wildman–Crippen MR) is 111 cm³/mol. The quantitative estimate of drug-likeness (QED) is 0.608. The molecule has 1 atom stereocenters. The molecule has 1 aliphatic heterocycles. The van der Waals surface area contributed by atoms with Crippen LogP contribution in [-0.2, 0) is 17.6 Å². The van der Waals surface area contributed by atoms with Gasteiger partial charge >= 0.3 is 0 Å². The summed E-state index contributed by atoms with van der Waals surface area (Å²) < 4.78 is 24.6. The van der Waals surface area contributed by atoms with Crippen LogP contribution in [0.3, 0.4) is 0 Å². The van der Waals surface area contributed by atoms with Crippen LogP contribution < -0.4 is 4.74 Å². The summed E-state index contributed by atoms with van der Waals surface area (Å²) in [4.78, 5) is 19.2. The number of carbonyl (C=O) groups is 1. The van der Waals surface area contributed by atoms with Crippen molar-refractivity contribution in [1.82, 2.24) is 9.88 Å². The minimum Gasteiger partial charge on any atom is -0.497 e. The fourth-order valence-corrected chi connectivity index (χ4v) is 3.92. The van der Waals surface area contributed by atoms with E-state index >= 15 is 0 Å². The molecule has 2 heterocycles. The zero-order chi connectivity index (χ0) is 20.9. The van der Waals surface area contributed by atoms with Crippen molar-refractivity contribution >= 4 is 5.91 Å². The predicted octanol–water partition coefficient (Wildman–Crippen LogP) is 4.36. The van der Waals surface area contributed by atoms with E-state index in [0.717, 1.165) is 36.3 Å². The van der Waals surface area contributed by atoms with E-state index < -0.39 is 0 Å². The van der Waals surface area contributed by atoms with Crippen LogP contribution in [0.2, 0.25) is 0 Å². The number of hydrogen-bond donors (Lipinski definition) is 0. The third-order valence-electron chi connectivity index (χ3n) is 5.45. The number of amides is 1. The van der Waals surface area contributed by atoms with Crippen LogP contribution in [0, 0.1) is 5.82 Å². The standard InChI is InChI=1S/C24H25FN2O3/c1-29-21-9-3-6-18(12-21)14-23(28)27-10-4-7-19(16-27)24-26-15-22(30-24)13-17-5-2-8-20(25)11-17/h2-3,5-6,8-9,11-12,15,19H,4,7,10,13-14,16H2,1H3/t19-/m1/s1. The Labute approximate surface area is 175 Å². The Morgan fingerprint density at radius 3 is 2.90 bits per heavy atom. The van der Waals surface area contributed by atoms with Gasteiger partial charge in [-0.05, 0) is 48.2 Å². The number of methoxy groups -OCH3 is 1. The largest absolute Gasteiger partial charge is 0.497 e. The number of nitrogens with zero attached hydrogens (tertiary/aromatic N) is 2. The number of rotatable bonds is 6. The van der Waals surface area contributed by atoms with E-state index in [1.54, 1.807) is 19.4 Å². The van der Waals surface area contributed by atoms with Crippen LogP contribution in [0.5, 0.6) is 5.75 Å². The van der Waals surface area contributed by atoms with Crippen molar-refractivity contribution in [3.8, 4) is 5.75 Å². The molecule has 0 radical (unpaired) electrons. The molecule has 1 aromatic heterocycles. The molecule has 6 heteroatoms. The number of likely N-dealkylation sites (tertiary alicyclic amines) is 1. The number of carbonyl (C=O) groups excluding carboxylic acids is 1. The van der Waals surface area contributed by atoms with Gasteiger partial charge in [-0.25, -0.2) is 9.37 Å². The highest BCUT2D eigenvalue weighted by atomic mass is 19.1. The maximum atomic E-state index is 13.4. The first-order valence-corrected chi connectivity index (χ1v) is 10.2. The van der Waals surface area contributed by atoms with E-state index in [1.807, 2.05) is 35.2 Å². The summed E-state index contributed by atoms with van der Waals surface area (Å²) in [6, 6.07) is 14.1. The van der Waals surface area contributed by atoms with Gasteiger partial charge in [0.1, 0.15) is 17.3 Å². The lowest BCUT2D eigenvalue weighted by atomic mass is 9.97. The number of oxazole rings is 1. The third-order valence-corrected chi connectivity index (χ3v) is 5.45. The van der Waals surface area contributed by atoms with E-state index in [2.05, 4.69) is 4.98 Å². The van der Waals surface area contributed by atoms with Crippen molar-refractivity contribution in [2.45, 2.75) is 31.6 Å². The van der Waals surface area contributed by atoms with Crippen molar-refractivity contribution in [2.24, 2.45) is 0 Å². The molecule has 0 bridgehead atoms. The molecule has 3 aromatic rings. The summed E-state index contributed by atoms with van der Waals surface area (Å²) in [5.74, 6) is 2.02. The number of benzene rings is 2. The van der Waals surface area contributed by atoms with Crippen molar-refractivity contribution < 1.29 is 18.3 Å². The molecule has 2 aromatic carbocycles. The van der Waals surface area contributed by atoms with Gasteiger partial charge < -0.3 is 14.1 Å². The van der Waals surface area contributed by atoms with Gasteiger partial charge in [0.15, 0.2) is 5.89 Å². The fourth-order valence-electron chi connectivity index (χ4n) is 3.92. The average Bonchev–Trinajstić information content (AvgIpc) is 3.22. The van der Waals surface area contributed by atoms with E-state index in [9.17, 15) is 9.18 Å². The van der Waals surface area contributed by atoms with E-state index in [1.165, 1.54) is 12.1 Å². The lowest BCUT2D eigenvalue weighted by Crippen LogP contribution is -2.40. The van der Waals surface area contributed by atoms with Crippen molar-refractivity contribution in [3.63, 3.8) is 0 Å². The topological polar surface area (TPSA) is 55.6 Å². The highest BCUT2D eigenvalue weighted by molar-refractivity contribution is 5.79. The molecule has 0 spiro atoms. The average molecular weight is 408 g/mol. The van der Waals surface area contributed by atoms with Crippen LogP contribution in [-0.4, -0.2) is 36.0 Å². The first-order chi connectivity index (χ1) is 14.6. The van der Waals surface area contributed by atoms with Gasteiger partial charge in [-0.15, -0.1) is 0 Å². The number of piperidine rings is 1. The zero-order valence-corrected chi connectivity index (χ0v) is 17.0. The minimum absolute atomic E-state index is 0.0780. The van der Waals surface area contributed by atoms with E-state index in [0.29, 0.717) is 31.0 Å². The van der Waals surface area contributed by atoms with Crippen molar-refractivity contribution in [3.05, 3.63) is 83.3 Å².